The van der Waals surface area contributed by atoms with E-state index in [0.29, 0.717) is 11.4 Å². The zero-order valence-electron chi connectivity index (χ0n) is 19.1. The van der Waals surface area contributed by atoms with Gasteiger partial charge in [0.2, 0.25) is 11.8 Å². The van der Waals surface area contributed by atoms with Crippen molar-refractivity contribution in [3.05, 3.63) is 66.0 Å². The van der Waals surface area contributed by atoms with Crippen LogP contribution in [0.2, 0.25) is 0 Å². The molecule has 1 fully saturated rings. The molecule has 2 aromatic carbocycles. The van der Waals surface area contributed by atoms with Crippen LogP contribution in [-0.2, 0) is 19.4 Å². The van der Waals surface area contributed by atoms with Gasteiger partial charge >= 0.3 is 0 Å². The van der Waals surface area contributed by atoms with Crippen LogP contribution in [0.25, 0.3) is 5.69 Å². The third-order valence-corrected chi connectivity index (χ3v) is 7.70. The minimum Gasteiger partial charge on any atom is -0.325 e. The molecular weight excluding hydrogens is 454 g/mol. The highest BCUT2D eigenvalue weighted by Crippen LogP contribution is 2.29. The summed E-state index contributed by atoms with van der Waals surface area (Å²) in [4.78, 5) is 29.5. The number of anilines is 2. The van der Waals surface area contributed by atoms with E-state index in [1.54, 1.807) is 36.7 Å². The number of amides is 2. The summed E-state index contributed by atoms with van der Waals surface area (Å²) < 4.78 is 23.7. The molecule has 0 saturated carbocycles. The van der Waals surface area contributed by atoms with Crippen molar-refractivity contribution in [3.8, 4) is 5.69 Å². The van der Waals surface area contributed by atoms with Crippen LogP contribution in [0.1, 0.15) is 24.0 Å². The van der Waals surface area contributed by atoms with Crippen molar-refractivity contribution < 1.29 is 18.0 Å². The first kappa shape index (κ1) is 23.6. The van der Waals surface area contributed by atoms with Gasteiger partial charge in [-0.05, 0) is 62.1 Å². The van der Waals surface area contributed by atoms with Crippen LogP contribution in [0.4, 0.5) is 11.4 Å². The lowest BCUT2D eigenvalue weighted by atomic mass is 9.99. The molecule has 1 saturated heterocycles. The van der Waals surface area contributed by atoms with Crippen molar-refractivity contribution in [2.75, 3.05) is 28.3 Å². The smallest absolute Gasteiger partial charge is 0.244 e. The predicted molar refractivity (Wildman–Crippen MR) is 130 cm³/mol. The van der Waals surface area contributed by atoms with Gasteiger partial charge in [0.1, 0.15) is 16.4 Å². The molecule has 3 aromatic rings. The molecule has 0 aliphatic carbocycles. The number of carbonyl (C=O) groups is 2. The van der Waals surface area contributed by atoms with Crippen LogP contribution in [0.3, 0.4) is 0 Å². The second kappa shape index (κ2) is 9.76. The zero-order chi connectivity index (χ0) is 24.3. The van der Waals surface area contributed by atoms with Gasteiger partial charge in [-0.1, -0.05) is 18.2 Å². The van der Waals surface area contributed by atoms with Crippen LogP contribution < -0.4 is 10.2 Å². The van der Waals surface area contributed by atoms with Gasteiger partial charge in [0, 0.05) is 11.6 Å². The molecule has 10 heteroatoms. The van der Waals surface area contributed by atoms with E-state index < -0.39 is 15.8 Å². The molecule has 0 spiro atoms. The second-order valence-corrected chi connectivity index (χ2v) is 10.8. The summed E-state index contributed by atoms with van der Waals surface area (Å²) in [7, 11) is -3.10. The maximum absolute atomic E-state index is 13.5. The number of rotatable bonds is 6. The molecule has 1 N–H and O–H groups in total. The maximum Gasteiger partial charge on any atom is 0.244 e. The summed E-state index contributed by atoms with van der Waals surface area (Å²) in [6.45, 7) is 3.62. The second-order valence-electron chi connectivity index (χ2n) is 8.50. The average molecular weight is 482 g/mol. The number of carbonyl (C=O) groups excluding carboxylic acids is 2. The molecule has 1 aliphatic heterocycles. The number of benzene rings is 2. The SMILES string of the molecule is Cc1cccc(C)c1N(CC(=O)Nc1ccc(-n2nccn2)cc1)C(=O)C1CCS(=O)(=O)CC1. The Morgan fingerprint density at radius 2 is 1.59 bits per heavy atom. The summed E-state index contributed by atoms with van der Waals surface area (Å²) in [6.07, 6.45) is 3.70. The molecule has 0 radical (unpaired) electrons. The van der Waals surface area contributed by atoms with E-state index in [1.165, 1.54) is 9.70 Å². The van der Waals surface area contributed by atoms with E-state index in [2.05, 4.69) is 15.5 Å². The van der Waals surface area contributed by atoms with Crippen LogP contribution in [0, 0.1) is 19.8 Å². The predicted octanol–water partition coefficient (Wildman–Crippen LogP) is 2.68. The molecule has 0 atom stereocenters. The van der Waals surface area contributed by atoms with E-state index >= 15 is 0 Å². The molecule has 4 rings (SSSR count). The number of hydrogen-bond donors (Lipinski definition) is 1. The number of nitrogens with zero attached hydrogens (tertiary/aromatic N) is 4. The van der Waals surface area contributed by atoms with Crippen molar-refractivity contribution in [2.45, 2.75) is 26.7 Å². The van der Waals surface area contributed by atoms with Crippen LogP contribution in [0.5, 0.6) is 0 Å². The number of sulfone groups is 1. The monoisotopic (exact) mass is 481 g/mol. The average Bonchev–Trinajstić information content (AvgIpc) is 3.33. The van der Waals surface area contributed by atoms with Crippen molar-refractivity contribution in [1.82, 2.24) is 15.0 Å². The van der Waals surface area contributed by atoms with Crippen molar-refractivity contribution in [3.63, 3.8) is 0 Å². The molecule has 2 amide bonds. The Morgan fingerprint density at radius 3 is 2.18 bits per heavy atom. The molecule has 9 nitrogen and oxygen atoms in total. The molecule has 178 valence electrons. The van der Waals surface area contributed by atoms with Crippen LogP contribution >= 0.6 is 0 Å². The lowest BCUT2D eigenvalue weighted by Gasteiger charge is -2.31. The fourth-order valence-corrected chi connectivity index (χ4v) is 5.72. The largest absolute Gasteiger partial charge is 0.325 e. The van der Waals surface area contributed by atoms with Crippen molar-refractivity contribution in [2.24, 2.45) is 5.92 Å². The highest BCUT2D eigenvalue weighted by atomic mass is 32.2. The van der Waals surface area contributed by atoms with E-state index in [1.807, 2.05) is 32.0 Å². The summed E-state index contributed by atoms with van der Waals surface area (Å²) in [5, 5.41) is 11.0. The Balaban J connectivity index is 1.53. The van der Waals surface area contributed by atoms with E-state index in [4.69, 9.17) is 0 Å². The number of aryl methyl sites for hydroxylation is 2. The Labute approximate surface area is 198 Å². The van der Waals surface area contributed by atoms with E-state index in [0.717, 1.165) is 16.8 Å². The topological polar surface area (TPSA) is 114 Å². The van der Waals surface area contributed by atoms with Gasteiger partial charge in [-0.2, -0.15) is 15.0 Å². The van der Waals surface area contributed by atoms with E-state index in [-0.39, 0.29) is 42.7 Å². The molecule has 2 heterocycles. The highest BCUT2D eigenvalue weighted by Gasteiger charge is 2.33. The van der Waals surface area contributed by atoms with Crippen LogP contribution in [-0.4, -0.2) is 53.3 Å². The Morgan fingerprint density at radius 1 is 1.00 bits per heavy atom. The standard InChI is InChI=1S/C24H27N5O4S/c1-17-4-3-5-18(2)23(17)28(24(31)19-10-14-34(32,33)15-11-19)16-22(30)27-20-6-8-21(9-7-20)29-25-12-13-26-29/h3-9,12-13,19H,10-11,14-16H2,1-2H3,(H,27,30). The zero-order valence-corrected chi connectivity index (χ0v) is 20.0. The Kier molecular flexibility index (Phi) is 6.78. The lowest BCUT2D eigenvalue weighted by molar-refractivity contribution is -0.124. The van der Waals surface area contributed by atoms with Crippen molar-refractivity contribution >= 4 is 33.0 Å². The third kappa shape index (κ3) is 5.33. The third-order valence-electron chi connectivity index (χ3n) is 5.98. The first-order chi connectivity index (χ1) is 16.2. The van der Waals surface area contributed by atoms with Gasteiger partial charge in [-0.3, -0.25) is 9.59 Å². The molecule has 0 unspecified atom stereocenters. The quantitative estimate of drug-likeness (QED) is 0.579. The summed E-state index contributed by atoms with van der Waals surface area (Å²) in [6, 6.07) is 12.8. The fraction of sp³-hybridized carbons (Fsp3) is 0.333. The molecular formula is C24H27N5O4S. The van der Waals surface area contributed by atoms with Crippen LogP contribution in [0.15, 0.2) is 54.9 Å². The maximum atomic E-state index is 13.5. The lowest BCUT2D eigenvalue weighted by Crippen LogP contribution is -2.44. The normalized spacial score (nSPS) is 15.6. The fourth-order valence-electron chi connectivity index (χ4n) is 4.23. The van der Waals surface area contributed by atoms with Crippen molar-refractivity contribution in [1.29, 1.82) is 0 Å². The molecule has 1 aliphatic rings. The number of hydrogen-bond acceptors (Lipinski definition) is 6. The first-order valence-corrected chi connectivity index (χ1v) is 12.9. The minimum atomic E-state index is -3.10. The number of para-hydroxylation sites is 1. The molecule has 34 heavy (non-hydrogen) atoms. The molecule has 1 aromatic heterocycles. The van der Waals surface area contributed by atoms with Gasteiger partial charge in [-0.15, -0.1) is 0 Å². The van der Waals surface area contributed by atoms with Gasteiger partial charge in [-0.25, -0.2) is 8.42 Å². The first-order valence-electron chi connectivity index (χ1n) is 11.1. The Bertz CT molecular complexity index is 1250. The summed E-state index contributed by atoms with van der Waals surface area (Å²) in [5.74, 6) is -1.01. The Hall–Kier alpha value is -3.53. The van der Waals surface area contributed by atoms with Gasteiger partial charge < -0.3 is 10.2 Å². The van der Waals surface area contributed by atoms with Gasteiger partial charge in [0.25, 0.3) is 0 Å². The summed E-state index contributed by atoms with van der Waals surface area (Å²) in [5.41, 5.74) is 3.78. The number of nitrogens with one attached hydrogen (secondary N) is 1. The summed E-state index contributed by atoms with van der Waals surface area (Å²) >= 11 is 0. The van der Waals surface area contributed by atoms with Gasteiger partial charge in [0.15, 0.2) is 0 Å². The van der Waals surface area contributed by atoms with Gasteiger partial charge in [0.05, 0.1) is 35.3 Å². The van der Waals surface area contributed by atoms with E-state index in [9.17, 15) is 18.0 Å². The number of aromatic nitrogens is 3. The minimum absolute atomic E-state index is 0.00629. The highest BCUT2D eigenvalue weighted by molar-refractivity contribution is 7.91. The molecule has 0 bridgehead atoms.